The van der Waals surface area contributed by atoms with Crippen LogP contribution in [0.2, 0.25) is 0 Å². The van der Waals surface area contributed by atoms with Crippen molar-refractivity contribution in [2.75, 3.05) is 19.6 Å². The average Bonchev–Trinajstić information content (AvgIpc) is 2.38. The Bertz CT molecular complexity index is 446. The lowest BCUT2D eigenvalue weighted by Gasteiger charge is -2.40. The van der Waals surface area contributed by atoms with Crippen LogP contribution < -0.4 is 5.73 Å². The van der Waals surface area contributed by atoms with E-state index in [1.54, 1.807) is 12.1 Å². The normalized spacial score (nSPS) is 25.8. The van der Waals surface area contributed by atoms with Gasteiger partial charge in [0.2, 0.25) is 0 Å². The summed E-state index contributed by atoms with van der Waals surface area (Å²) in [5.74, 6) is 1.19. The van der Waals surface area contributed by atoms with Gasteiger partial charge in [0.1, 0.15) is 0 Å². The van der Waals surface area contributed by atoms with Crippen molar-refractivity contribution < 1.29 is 13.2 Å². The number of benzene rings is 1. The number of alkyl halides is 3. The van der Waals surface area contributed by atoms with Crippen LogP contribution in [-0.4, -0.2) is 24.5 Å². The summed E-state index contributed by atoms with van der Waals surface area (Å²) in [7, 11) is 0. The van der Waals surface area contributed by atoms with E-state index in [9.17, 15) is 13.2 Å². The van der Waals surface area contributed by atoms with Gasteiger partial charge in [-0.25, -0.2) is 0 Å². The molecule has 1 aliphatic heterocycles. The van der Waals surface area contributed by atoms with E-state index in [0.717, 1.165) is 30.8 Å². The number of nitrogens with zero attached hydrogens (tertiary/aromatic N) is 1. The second-order valence-corrected chi connectivity index (χ2v) is 6.27. The van der Waals surface area contributed by atoms with Crippen molar-refractivity contribution in [2.24, 2.45) is 17.6 Å². The highest BCUT2D eigenvalue weighted by atomic mass is 19.4. The average molecular weight is 300 g/mol. The van der Waals surface area contributed by atoms with Crippen LogP contribution in [0.15, 0.2) is 24.3 Å². The van der Waals surface area contributed by atoms with E-state index in [-0.39, 0.29) is 6.04 Å². The lowest BCUT2D eigenvalue weighted by Crippen LogP contribution is -2.43. The van der Waals surface area contributed by atoms with Crippen molar-refractivity contribution in [1.82, 2.24) is 4.90 Å². The molecule has 0 amide bonds. The molecular formula is C16H23F3N2. The lowest BCUT2D eigenvalue weighted by molar-refractivity contribution is -0.137. The van der Waals surface area contributed by atoms with Crippen molar-refractivity contribution in [3.05, 3.63) is 35.4 Å². The molecule has 0 radical (unpaired) electrons. The number of nitrogens with two attached hydrogens (primary N) is 1. The van der Waals surface area contributed by atoms with Crippen molar-refractivity contribution in [3.8, 4) is 0 Å². The Balaban J connectivity index is 2.17. The van der Waals surface area contributed by atoms with E-state index in [2.05, 4.69) is 18.7 Å². The Kier molecular flexibility index (Phi) is 4.94. The molecule has 1 saturated heterocycles. The van der Waals surface area contributed by atoms with Gasteiger partial charge in [0.05, 0.1) is 5.56 Å². The van der Waals surface area contributed by atoms with E-state index < -0.39 is 11.7 Å². The van der Waals surface area contributed by atoms with E-state index in [0.29, 0.717) is 18.4 Å². The van der Waals surface area contributed by atoms with Crippen LogP contribution in [0.4, 0.5) is 13.2 Å². The third-order valence-electron chi connectivity index (χ3n) is 4.18. The molecular weight excluding hydrogens is 277 g/mol. The first-order chi connectivity index (χ1) is 9.81. The number of hydrogen-bond acceptors (Lipinski definition) is 2. The minimum absolute atomic E-state index is 0.00233. The molecule has 0 bridgehead atoms. The third kappa shape index (κ3) is 3.98. The predicted octanol–water partition coefficient (Wildman–Crippen LogP) is 3.68. The Morgan fingerprint density at radius 1 is 1.14 bits per heavy atom. The summed E-state index contributed by atoms with van der Waals surface area (Å²) in [5.41, 5.74) is 6.15. The summed E-state index contributed by atoms with van der Waals surface area (Å²) < 4.78 is 37.9. The number of hydrogen-bond donors (Lipinski definition) is 1. The lowest BCUT2D eigenvalue weighted by atomic mass is 9.89. The molecule has 1 aliphatic rings. The third-order valence-corrected chi connectivity index (χ3v) is 4.18. The Morgan fingerprint density at radius 2 is 1.67 bits per heavy atom. The van der Waals surface area contributed by atoms with E-state index in [4.69, 9.17) is 5.73 Å². The van der Waals surface area contributed by atoms with Crippen molar-refractivity contribution in [1.29, 1.82) is 0 Å². The molecule has 2 nitrogen and oxygen atoms in total. The molecule has 2 N–H and O–H groups in total. The Hall–Kier alpha value is -1.07. The standard InChI is InChI=1S/C16H23F3N2/c1-11-7-12(2)10-21(9-11)15(8-20)13-3-5-14(6-4-13)16(17,18)19/h3-6,11-12,15H,7-10,20H2,1-2H3. The predicted molar refractivity (Wildman–Crippen MR) is 77.8 cm³/mol. The Morgan fingerprint density at radius 3 is 2.10 bits per heavy atom. The van der Waals surface area contributed by atoms with Gasteiger partial charge >= 0.3 is 6.18 Å². The maximum atomic E-state index is 12.6. The second kappa shape index (κ2) is 6.36. The van der Waals surface area contributed by atoms with Gasteiger partial charge < -0.3 is 5.73 Å². The van der Waals surface area contributed by atoms with E-state index >= 15 is 0 Å². The first-order valence-electron chi connectivity index (χ1n) is 7.42. The summed E-state index contributed by atoms with van der Waals surface area (Å²) in [5, 5.41) is 0. The van der Waals surface area contributed by atoms with Gasteiger partial charge in [-0.3, -0.25) is 4.90 Å². The molecule has 0 saturated carbocycles. The highest BCUT2D eigenvalue weighted by Gasteiger charge is 2.31. The quantitative estimate of drug-likeness (QED) is 0.922. The van der Waals surface area contributed by atoms with Crippen molar-refractivity contribution >= 4 is 0 Å². The first-order valence-corrected chi connectivity index (χ1v) is 7.42. The molecule has 118 valence electrons. The molecule has 5 heteroatoms. The van der Waals surface area contributed by atoms with Gasteiger partial charge in [0.15, 0.2) is 0 Å². The topological polar surface area (TPSA) is 29.3 Å². The summed E-state index contributed by atoms with van der Waals surface area (Å²) in [4.78, 5) is 2.31. The molecule has 3 atom stereocenters. The molecule has 1 fully saturated rings. The highest BCUT2D eigenvalue weighted by Crippen LogP contribution is 2.32. The summed E-state index contributed by atoms with van der Waals surface area (Å²) >= 11 is 0. The van der Waals surface area contributed by atoms with Gasteiger partial charge in [-0.2, -0.15) is 13.2 Å². The summed E-state index contributed by atoms with van der Waals surface area (Å²) in [6.45, 7) is 6.75. The summed E-state index contributed by atoms with van der Waals surface area (Å²) in [6.07, 6.45) is -3.09. The Labute approximate surface area is 124 Å². The molecule has 2 rings (SSSR count). The molecule has 1 heterocycles. The fourth-order valence-corrected chi connectivity index (χ4v) is 3.36. The van der Waals surface area contributed by atoms with Crippen molar-refractivity contribution in [3.63, 3.8) is 0 Å². The monoisotopic (exact) mass is 300 g/mol. The van der Waals surface area contributed by atoms with Crippen LogP contribution in [0, 0.1) is 11.8 Å². The number of piperidine rings is 1. The fraction of sp³-hybridized carbons (Fsp3) is 0.625. The highest BCUT2D eigenvalue weighted by molar-refractivity contribution is 5.27. The maximum Gasteiger partial charge on any atom is 0.416 e. The van der Waals surface area contributed by atoms with E-state index in [1.165, 1.54) is 6.42 Å². The molecule has 1 aromatic carbocycles. The SMILES string of the molecule is CC1CC(C)CN(C(CN)c2ccc(C(F)(F)F)cc2)C1. The van der Waals surface area contributed by atoms with Crippen molar-refractivity contribution in [2.45, 2.75) is 32.5 Å². The summed E-state index contributed by atoms with van der Waals surface area (Å²) in [6, 6.07) is 5.41. The van der Waals surface area contributed by atoms with Gasteiger partial charge in [0.25, 0.3) is 0 Å². The smallest absolute Gasteiger partial charge is 0.329 e. The van der Waals surface area contributed by atoms with Gasteiger partial charge in [-0.05, 0) is 36.0 Å². The molecule has 3 unspecified atom stereocenters. The van der Waals surface area contributed by atoms with Crippen LogP contribution in [0.25, 0.3) is 0 Å². The van der Waals surface area contributed by atoms with Gasteiger partial charge in [0, 0.05) is 25.7 Å². The zero-order valence-electron chi connectivity index (χ0n) is 12.5. The van der Waals surface area contributed by atoms with Crippen LogP contribution in [0.3, 0.4) is 0 Å². The van der Waals surface area contributed by atoms with Crippen LogP contribution in [0.1, 0.15) is 37.4 Å². The van der Waals surface area contributed by atoms with Gasteiger partial charge in [-0.15, -0.1) is 0 Å². The van der Waals surface area contributed by atoms with E-state index in [1.807, 2.05) is 0 Å². The van der Waals surface area contributed by atoms with Gasteiger partial charge in [-0.1, -0.05) is 26.0 Å². The minimum Gasteiger partial charge on any atom is -0.329 e. The number of rotatable bonds is 3. The second-order valence-electron chi connectivity index (χ2n) is 6.27. The van der Waals surface area contributed by atoms with Crippen LogP contribution >= 0.6 is 0 Å². The molecule has 0 spiro atoms. The maximum absolute atomic E-state index is 12.6. The van der Waals surface area contributed by atoms with Crippen LogP contribution in [0.5, 0.6) is 0 Å². The molecule has 21 heavy (non-hydrogen) atoms. The minimum atomic E-state index is -4.29. The zero-order chi connectivity index (χ0) is 15.6. The number of halogens is 3. The largest absolute Gasteiger partial charge is 0.416 e. The number of likely N-dealkylation sites (tertiary alicyclic amines) is 1. The zero-order valence-corrected chi connectivity index (χ0v) is 12.5. The first kappa shape index (κ1) is 16.3. The molecule has 0 aromatic heterocycles. The molecule has 1 aromatic rings. The fourth-order valence-electron chi connectivity index (χ4n) is 3.36. The molecule has 0 aliphatic carbocycles. The van der Waals surface area contributed by atoms with Crippen LogP contribution in [-0.2, 0) is 6.18 Å².